The quantitative estimate of drug-likeness (QED) is 0.348. The molecule has 0 unspecified atom stereocenters. The molecule has 11 heteroatoms. The van der Waals surface area contributed by atoms with Crippen molar-refractivity contribution in [1.29, 1.82) is 0 Å². The van der Waals surface area contributed by atoms with E-state index >= 15 is 0 Å². The number of amides is 1. The van der Waals surface area contributed by atoms with E-state index < -0.39 is 15.9 Å². The number of rotatable bonds is 6. The van der Waals surface area contributed by atoms with Crippen LogP contribution in [-0.2, 0) is 10.0 Å². The molecule has 0 aliphatic heterocycles. The normalized spacial score (nSPS) is 10.9. The zero-order valence-electron chi connectivity index (χ0n) is 15.3. The van der Waals surface area contributed by atoms with Crippen molar-refractivity contribution in [2.45, 2.75) is 11.8 Å². The number of thiazole rings is 1. The Morgan fingerprint density at radius 1 is 1.07 bits per heavy atom. The lowest BCUT2D eigenvalue weighted by Gasteiger charge is -2.10. The van der Waals surface area contributed by atoms with Crippen molar-refractivity contribution in [2.75, 3.05) is 10.0 Å². The van der Waals surface area contributed by atoms with E-state index in [1.807, 2.05) is 0 Å². The third-order valence-corrected chi connectivity index (χ3v) is 6.07. The van der Waals surface area contributed by atoms with Crippen LogP contribution in [0.5, 0.6) is 0 Å². The first-order valence-electron chi connectivity index (χ1n) is 8.31. The lowest BCUT2D eigenvalue weighted by Crippen LogP contribution is -2.21. The smallest absolute Gasteiger partial charge is 0.267 e. The number of aromatic nitrogens is 1. The summed E-state index contributed by atoms with van der Waals surface area (Å²) in [4.78, 5) is 20.9. The molecular formula is C18H18N6O3S2. The first-order valence-corrected chi connectivity index (χ1v) is 10.6. The van der Waals surface area contributed by atoms with Gasteiger partial charge in [0.25, 0.3) is 15.9 Å². The topological polar surface area (TPSA) is 153 Å². The number of nitrogens with two attached hydrogens (primary N) is 2. The second-order valence-electron chi connectivity index (χ2n) is 5.90. The van der Waals surface area contributed by atoms with E-state index in [4.69, 9.17) is 11.5 Å². The lowest BCUT2D eigenvalue weighted by molar-refractivity contribution is 0.102. The monoisotopic (exact) mass is 430 g/mol. The molecule has 1 heterocycles. The minimum Gasteiger partial charge on any atom is -0.370 e. The van der Waals surface area contributed by atoms with E-state index in [9.17, 15) is 13.2 Å². The molecule has 0 saturated heterocycles. The van der Waals surface area contributed by atoms with Gasteiger partial charge in [0.1, 0.15) is 4.88 Å². The number of carbonyl (C=O) groups is 1. The molecule has 6 N–H and O–H groups in total. The van der Waals surface area contributed by atoms with Gasteiger partial charge in [-0.25, -0.2) is 13.4 Å². The summed E-state index contributed by atoms with van der Waals surface area (Å²) < 4.78 is 27.7. The molecule has 2 aromatic carbocycles. The van der Waals surface area contributed by atoms with Gasteiger partial charge in [-0.2, -0.15) is 4.99 Å². The van der Waals surface area contributed by atoms with Crippen molar-refractivity contribution in [3.63, 3.8) is 0 Å². The average Bonchev–Trinajstić information content (AvgIpc) is 3.02. The molecule has 0 atom stereocenters. The Balaban J connectivity index is 1.80. The molecule has 0 saturated carbocycles. The predicted octanol–water partition coefficient (Wildman–Crippen LogP) is 2.41. The first kappa shape index (κ1) is 20.3. The van der Waals surface area contributed by atoms with Gasteiger partial charge in [-0.05, 0) is 37.3 Å². The maximum atomic E-state index is 12.6. The molecule has 3 aromatic rings. The fourth-order valence-electron chi connectivity index (χ4n) is 2.40. The van der Waals surface area contributed by atoms with E-state index in [1.54, 1.807) is 49.4 Å². The number of aliphatic imine (C=N–C) groups is 1. The fraction of sp³-hybridized carbons (Fsp3) is 0.0556. The number of guanidine groups is 1. The minimum absolute atomic E-state index is 0.0152. The molecule has 1 aromatic heterocycles. The molecule has 0 bridgehead atoms. The minimum atomic E-state index is -3.81. The number of benzene rings is 2. The van der Waals surface area contributed by atoms with Crippen molar-refractivity contribution in [1.82, 2.24) is 4.98 Å². The Hall–Kier alpha value is -3.44. The van der Waals surface area contributed by atoms with Crippen molar-refractivity contribution in [3.05, 3.63) is 65.2 Å². The number of nitrogens with zero attached hydrogens (tertiary/aromatic N) is 2. The van der Waals surface area contributed by atoms with Crippen LogP contribution in [0.25, 0.3) is 0 Å². The van der Waals surface area contributed by atoms with Crippen LogP contribution in [0.2, 0.25) is 0 Å². The Morgan fingerprint density at radius 3 is 2.45 bits per heavy atom. The van der Waals surface area contributed by atoms with E-state index in [-0.39, 0.29) is 16.0 Å². The molecule has 0 fully saturated rings. The highest BCUT2D eigenvalue weighted by molar-refractivity contribution is 7.92. The summed E-state index contributed by atoms with van der Waals surface area (Å²) in [7, 11) is -3.81. The molecule has 0 radical (unpaired) electrons. The first-order chi connectivity index (χ1) is 13.7. The summed E-state index contributed by atoms with van der Waals surface area (Å²) in [6.07, 6.45) is 0. The molecule has 29 heavy (non-hydrogen) atoms. The van der Waals surface area contributed by atoms with Crippen molar-refractivity contribution in [2.24, 2.45) is 16.5 Å². The van der Waals surface area contributed by atoms with Crippen molar-refractivity contribution >= 4 is 49.7 Å². The van der Waals surface area contributed by atoms with Gasteiger partial charge in [0.05, 0.1) is 10.6 Å². The largest absolute Gasteiger partial charge is 0.370 e. The molecule has 0 aliphatic carbocycles. The number of sulfonamides is 1. The third kappa shape index (κ3) is 5.09. The van der Waals surface area contributed by atoms with Gasteiger partial charge in [0.2, 0.25) is 5.13 Å². The van der Waals surface area contributed by atoms with Crippen LogP contribution >= 0.6 is 11.3 Å². The van der Waals surface area contributed by atoms with Gasteiger partial charge >= 0.3 is 0 Å². The number of aryl methyl sites for hydroxylation is 1. The second kappa shape index (κ2) is 8.29. The van der Waals surface area contributed by atoms with Crippen LogP contribution < -0.4 is 21.5 Å². The molecule has 1 amide bonds. The van der Waals surface area contributed by atoms with Gasteiger partial charge in [-0.1, -0.05) is 35.6 Å². The molecule has 0 spiro atoms. The van der Waals surface area contributed by atoms with Crippen molar-refractivity contribution in [3.8, 4) is 0 Å². The summed E-state index contributed by atoms with van der Waals surface area (Å²) in [5.74, 6) is -0.600. The van der Waals surface area contributed by atoms with Crippen LogP contribution in [-0.4, -0.2) is 25.3 Å². The molecule has 3 rings (SSSR count). The summed E-state index contributed by atoms with van der Waals surface area (Å²) in [6, 6.07) is 14.5. The Labute approximate surface area is 171 Å². The highest BCUT2D eigenvalue weighted by atomic mass is 32.2. The number of hydrogen-bond donors (Lipinski definition) is 4. The predicted molar refractivity (Wildman–Crippen MR) is 114 cm³/mol. The molecule has 0 aliphatic rings. The number of para-hydroxylation sites is 1. The van der Waals surface area contributed by atoms with Crippen LogP contribution in [0.4, 0.5) is 16.5 Å². The van der Waals surface area contributed by atoms with Gasteiger partial charge in [0.15, 0.2) is 5.96 Å². The van der Waals surface area contributed by atoms with E-state index in [2.05, 4.69) is 20.0 Å². The molecule has 9 nitrogen and oxygen atoms in total. The fourth-order valence-corrected chi connectivity index (χ4v) is 4.36. The van der Waals surface area contributed by atoms with E-state index in [0.29, 0.717) is 21.9 Å². The van der Waals surface area contributed by atoms with Crippen LogP contribution in [0.15, 0.2) is 64.5 Å². The maximum absolute atomic E-state index is 12.6. The standard InChI is InChI=1S/C18H18N6O3S2/c1-11-15(28-18(21-11)23-17(19)20)16(25)22-13-8-5-9-14(10-13)29(26,27)24-12-6-3-2-4-7-12/h2-10,24H,1H3,(H,22,25)(H4,19,20,21,23). The highest BCUT2D eigenvalue weighted by Crippen LogP contribution is 2.26. The number of nitrogens with one attached hydrogen (secondary N) is 2. The van der Waals surface area contributed by atoms with Gasteiger partial charge in [0, 0.05) is 11.4 Å². The van der Waals surface area contributed by atoms with Gasteiger partial charge in [-0.3, -0.25) is 9.52 Å². The van der Waals surface area contributed by atoms with Gasteiger partial charge in [-0.15, -0.1) is 0 Å². The highest BCUT2D eigenvalue weighted by Gasteiger charge is 2.18. The summed E-state index contributed by atoms with van der Waals surface area (Å²) >= 11 is 1.03. The Bertz CT molecular complexity index is 1170. The van der Waals surface area contributed by atoms with E-state index in [0.717, 1.165) is 11.3 Å². The zero-order valence-corrected chi connectivity index (χ0v) is 16.9. The Morgan fingerprint density at radius 2 is 1.76 bits per heavy atom. The number of anilines is 2. The van der Waals surface area contributed by atoms with Crippen LogP contribution in [0, 0.1) is 6.92 Å². The average molecular weight is 431 g/mol. The Kier molecular flexibility index (Phi) is 5.80. The SMILES string of the molecule is Cc1nc(N=C(N)N)sc1C(=O)Nc1cccc(S(=O)(=O)Nc2ccccc2)c1. The van der Waals surface area contributed by atoms with E-state index in [1.165, 1.54) is 12.1 Å². The molecule has 150 valence electrons. The zero-order chi connectivity index (χ0) is 21.0. The van der Waals surface area contributed by atoms with Gasteiger partial charge < -0.3 is 16.8 Å². The van der Waals surface area contributed by atoms with Crippen LogP contribution in [0.1, 0.15) is 15.4 Å². The third-order valence-electron chi connectivity index (χ3n) is 3.64. The van der Waals surface area contributed by atoms with Crippen molar-refractivity contribution < 1.29 is 13.2 Å². The van der Waals surface area contributed by atoms with Crippen LogP contribution in [0.3, 0.4) is 0 Å². The summed E-state index contributed by atoms with van der Waals surface area (Å²) in [5, 5.41) is 2.93. The summed E-state index contributed by atoms with van der Waals surface area (Å²) in [6.45, 7) is 1.65. The number of hydrogen-bond acceptors (Lipinski definition) is 6. The molecular weight excluding hydrogens is 412 g/mol. The summed E-state index contributed by atoms with van der Waals surface area (Å²) in [5.41, 5.74) is 11.9. The maximum Gasteiger partial charge on any atom is 0.267 e. The number of carbonyl (C=O) groups excluding carboxylic acids is 1. The second-order valence-corrected chi connectivity index (χ2v) is 8.56. The lowest BCUT2D eigenvalue weighted by atomic mass is 10.3.